The highest BCUT2D eigenvalue weighted by atomic mass is 35.5. The lowest BCUT2D eigenvalue weighted by Crippen LogP contribution is -2.44. The average molecular weight is 315 g/mol. The third-order valence-corrected chi connectivity index (χ3v) is 3.48. The van der Waals surface area contributed by atoms with Crippen LogP contribution in [-0.2, 0) is 4.79 Å². The summed E-state index contributed by atoms with van der Waals surface area (Å²) >= 11 is 0. The van der Waals surface area contributed by atoms with Crippen molar-refractivity contribution in [2.45, 2.75) is 46.7 Å². The van der Waals surface area contributed by atoms with Gasteiger partial charge in [-0.2, -0.15) is 0 Å². The Hall–Kier alpha value is -1.26. The molecule has 120 valence electrons. The van der Waals surface area contributed by atoms with Crippen LogP contribution in [0.5, 0.6) is 5.75 Å². The number of hydrogen-bond acceptors (Lipinski definition) is 3. The van der Waals surface area contributed by atoms with Gasteiger partial charge >= 0.3 is 0 Å². The van der Waals surface area contributed by atoms with Gasteiger partial charge in [0.15, 0.2) is 0 Å². The summed E-state index contributed by atoms with van der Waals surface area (Å²) < 4.78 is 5.82. The van der Waals surface area contributed by atoms with E-state index in [1.165, 1.54) is 0 Å². The number of halogens is 1. The molecular weight excluding hydrogens is 288 g/mol. The fraction of sp³-hybridized carbons (Fsp3) is 0.562. The summed E-state index contributed by atoms with van der Waals surface area (Å²) in [5, 5.41) is 2.93. The number of hydrogen-bond donors (Lipinski definition) is 2. The summed E-state index contributed by atoms with van der Waals surface area (Å²) in [5.41, 5.74) is 7.93. The molecule has 0 bridgehead atoms. The molecule has 21 heavy (non-hydrogen) atoms. The van der Waals surface area contributed by atoms with Crippen molar-refractivity contribution in [2.24, 2.45) is 11.7 Å². The van der Waals surface area contributed by atoms with Crippen LogP contribution in [-0.4, -0.2) is 24.6 Å². The van der Waals surface area contributed by atoms with E-state index in [9.17, 15) is 4.79 Å². The Morgan fingerprint density at radius 2 is 1.76 bits per heavy atom. The van der Waals surface area contributed by atoms with Crippen LogP contribution in [0.3, 0.4) is 0 Å². The van der Waals surface area contributed by atoms with Gasteiger partial charge in [0.1, 0.15) is 12.4 Å². The van der Waals surface area contributed by atoms with Gasteiger partial charge in [-0.1, -0.05) is 25.1 Å². The Kier molecular flexibility index (Phi) is 8.37. The minimum absolute atomic E-state index is 0. The quantitative estimate of drug-likeness (QED) is 0.848. The molecule has 0 heterocycles. The minimum atomic E-state index is -0.197. The monoisotopic (exact) mass is 314 g/mol. The summed E-state index contributed by atoms with van der Waals surface area (Å²) in [7, 11) is 0. The van der Waals surface area contributed by atoms with Crippen molar-refractivity contribution >= 4 is 18.3 Å². The molecule has 0 aliphatic carbocycles. The molecule has 1 aromatic rings. The number of nitrogens with one attached hydrogen (secondary N) is 1. The zero-order chi connectivity index (χ0) is 15.3. The maximum absolute atomic E-state index is 11.9. The zero-order valence-corrected chi connectivity index (χ0v) is 14.3. The normalized spacial score (nSPS) is 14.6. The molecule has 3 atom stereocenters. The van der Waals surface area contributed by atoms with E-state index in [-0.39, 0.29) is 36.3 Å². The predicted molar refractivity (Wildman–Crippen MR) is 89.1 cm³/mol. The first-order valence-electron chi connectivity index (χ1n) is 7.08. The molecule has 1 amide bonds. The number of aryl methyl sites for hydroxylation is 2. The fourth-order valence-electron chi connectivity index (χ4n) is 1.89. The summed E-state index contributed by atoms with van der Waals surface area (Å²) in [4.78, 5) is 11.9. The van der Waals surface area contributed by atoms with E-state index in [0.29, 0.717) is 6.61 Å². The molecule has 3 unspecified atom stereocenters. The average Bonchev–Trinajstić information content (AvgIpc) is 2.36. The highest BCUT2D eigenvalue weighted by molar-refractivity contribution is 5.85. The van der Waals surface area contributed by atoms with Crippen LogP contribution in [0, 0.1) is 19.8 Å². The molecule has 5 heteroatoms. The Morgan fingerprint density at radius 3 is 2.24 bits per heavy atom. The molecule has 0 fully saturated rings. The summed E-state index contributed by atoms with van der Waals surface area (Å²) in [5.74, 6) is 0.670. The molecule has 0 aliphatic rings. The van der Waals surface area contributed by atoms with E-state index < -0.39 is 0 Å². The Labute approximate surface area is 133 Å². The van der Waals surface area contributed by atoms with Crippen molar-refractivity contribution in [3.05, 3.63) is 29.3 Å². The van der Waals surface area contributed by atoms with E-state index in [0.717, 1.165) is 16.9 Å². The Morgan fingerprint density at radius 1 is 1.24 bits per heavy atom. The second-order valence-electron chi connectivity index (χ2n) is 5.59. The summed E-state index contributed by atoms with van der Waals surface area (Å²) in [6, 6.07) is 5.84. The largest absolute Gasteiger partial charge is 0.491 e. The minimum Gasteiger partial charge on any atom is -0.491 e. The third-order valence-electron chi connectivity index (χ3n) is 3.48. The molecule has 1 aromatic carbocycles. The molecule has 0 aliphatic heterocycles. The van der Waals surface area contributed by atoms with Gasteiger partial charge in [-0.05, 0) is 38.8 Å². The Bertz CT molecular complexity index is 443. The lowest BCUT2D eigenvalue weighted by Gasteiger charge is -2.21. The SMILES string of the molecule is Cc1cccc(C)c1OCC(C)NC(=O)C(C)C(C)N.Cl. The molecule has 0 spiro atoms. The highest BCUT2D eigenvalue weighted by Gasteiger charge is 2.19. The van der Waals surface area contributed by atoms with Gasteiger partial charge in [0.25, 0.3) is 0 Å². The van der Waals surface area contributed by atoms with Crippen LogP contribution in [0.1, 0.15) is 31.9 Å². The lowest BCUT2D eigenvalue weighted by molar-refractivity contribution is -0.125. The van der Waals surface area contributed by atoms with Gasteiger partial charge in [0, 0.05) is 12.0 Å². The van der Waals surface area contributed by atoms with Crippen LogP contribution in [0.25, 0.3) is 0 Å². The zero-order valence-electron chi connectivity index (χ0n) is 13.5. The van der Waals surface area contributed by atoms with Gasteiger partial charge in [-0.25, -0.2) is 0 Å². The van der Waals surface area contributed by atoms with E-state index >= 15 is 0 Å². The van der Waals surface area contributed by atoms with Gasteiger partial charge < -0.3 is 15.8 Å². The van der Waals surface area contributed by atoms with Gasteiger partial charge in [0.2, 0.25) is 5.91 Å². The second kappa shape index (κ2) is 8.90. The van der Waals surface area contributed by atoms with Crippen molar-refractivity contribution in [3.63, 3.8) is 0 Å². The molecule has 0 saturated carbocycles. The number of benzene rings is 1. The van der Waals surface area contributed by atoms with E-state index in [4.69, 9.17) is 10.5 Å². The summed E-state index contributed by atoms with van der Waals surface area (Å²) in [6.45, 7) is 10.1. The predicted octanol–water partition coefficient (Wildman–Crippen LogP) is 2.59. The first-order chi connectivity index (χ1) is 9.32. The Balaban J connectivity index is 0.00000400. The van der Waals surface area contributed by atoms with E-state index in [2.05, 4.69) is 5.32 Å². The number of amides is 1. The van der Waals surface area contributed by atoms with Crippen molar-refractivity contribution < 1.29 is 9.53 Å². The fourth-order valence-corrected chi connectivity index (χ4v) is 1.89. The highest BCUT2D eigenvalue weighted by Crippen LogP contribution is 2.22. The van der Waals surface area contributed by atoms with Crippen molar-refractivity contribution in [1.29, 1.82) is 0 Å². The smallest absolute Gasteiger partial charge is 0.224 e. The molecule has 3 N–H and O–H groups in total. The van der Waals surface area contributed by atoms with Crippen LogP contribution >= 0.6 is 12.4 Å². The first-order valence-corrected chi connectivity index (χ1v) is 7.08. The van der Waals surface area contributed by atoms with Crippen LogP contribution < -0.4 is 15.8 Å². The maximum Gasteiger partial charge on any atom is 0.224 e. The third kappa shape index (κ3) is 5.94. The van der Waals surface area contributed by atoms with Crippen molar-refractivity contribution in [3.8, 4) is 5.75 Å². The van der Waals surface area contributed by atoms with Gasteiger partial charge in [0.05, 0.1) is 6.04 Å². The number of carbonyl (C=O) groups is 1. The van der Waals surface area contributed by atoms with Crippen LogP contribution in [0.4, 0.5) is 0 Å². The van der Waals surface area contributed by atoms with Gasteiger partial charge in [-0.15, -0.1) is 12.4 Å². The molecule has 4 nitrogen and oxygen atoms in total. The number of rotatable bonds is 6. The molecule has 0 radical (unpaired) electrons. The molecular formula is C16H27ClN2O2. The van der Waals surface area contributed by atoms with Gasteiger partial charge in [-0.3, -0.25) is 4.79 Å². The van der Waals surface area contributed by atoms with E-state index in [1.54, 1.807) is 0 Å². The molecule has 0 saturated heterocycles. The number of carbonyl (C=O) groups excluding carboxylic acids is 1. The van der Waals surface area contributed by atoms with Crippen molar-refractivity contribution in [2.75, 3.05) is 6.61 Å². The topological polar surface area (TPSA) is 64.3 Å². The van der Waals surface area contributed by atoms with Crippen molar-refractivity contribution in [1.82, 2.24) is 5.32 Å². The molecule has 0 aromatic heterocycles. The maximum atomic E-state index is 11.9. The second-order valence-corrected chi connectivity index (χ2v) is 5.59. The number of ether oxygens (including phenoxy) is 1. The lowest BCUT2D eigenvalue weighted by atomic mass is 10.0. The summed E-state index contributed by atoms with van der Waals surface area (Å²) in [6.07, 6.45) is 0. The number of para-hydroxylation sites is 1. The standard InChI is InChI=1S/C16H26N2O2.ClH/c1-10-7-6-8-11(2)15(10)20-9-12(3)18-16(19)13(4)14(5)17;/h6-8,12-14H,9,17H2,1-5H3,(H,18,19);1H. The number of nitrogens with two attached hydrogens (primary N) is 1. The van der Waals surface area contributed by atoms with Crippen LogP contribution in [0.2, 0.25) is 0 Å². The first kappa shape index (κ1) is 19.7. The van der Waals surface area contributed by atoms with Crippen LogP contribution in [0.15, 0.2) is 18.2 Å². The van der Waals surface area contributed by atoms with E-state index in [1.807, 2.05) is 52.8 Å². The molecule has 1 rings (SSSR count).